The number of nitrogens with one attached hydrogen (secondary N) is 4. The molecule has 2 unspecified atom stereocenters. The van der Waals surface area contributed by atoms with Crippen LogP contribution < -0.4 is 10.6 Å². The molecule has 67 heavy (non-hydrogen) atoms. The highest BCUT2D eigenvalue weighted by Gasteiger charge is 2.30. The largest absolute Gasteiger partial charge is 0.453 e. The molecule has 6 heterocycles. The number of thiazole rings is 1. The van der Waals surface area contributed by atoms with Crippen LogP contribution in [-0.4, -0.2) is 96.2 Å². The SMILES string of the molecule is CC(=O)NC(C(=O)N1CCCC1)c1ccccc1.COC(=O)NC(C(=O)N1CCCC1)c1ccccc1.c1ncc(-c2ccc(-c3cn4cc(-c5ccc(-c6cnc[nH]6)cc5)sc4n3)cc2)[nH]1. The zero-order valence-corrected chi connectivity index (χ0v) is 38.1. The molecule has 4 aromatic carbocycles. The Morgan fingerprint density at radius 1 is 0.612 bits per heavy atom. The van der Waals surface area contributed by atoms with E-state index in [0.717, 1.165) is 102 Å². The Bertz CT molecular complexity index is 2700. The first-order valence-corrected chi connectivity index (χ1v) is 23.0. The lowest BCUT2D eigenvalue weighted by Gasteiger charge is -2.23. The van der Waals surface area contributed by atoms with Crippen molar-refractivity contribution in [3.05, 3.63) is 158 Å². The number of amides is 4. The second kappa shape index (κ2) is 21.9. The van der Waals surface area contributed by atoms with Gasteiger partial charge in [0, 0.05) is 51.1 Å². The van der Waals surface area contributed by atoms with Crippen molar-refractivity contribution in [3.8, 4) is 44.2 Å². The van der Waals surface area contributed by atoms with Gasteiger partial charge >= 0.3 is 6.09 Å². The van der Waals surface area contributed by atoms with Crippen LogP contribution in [0.3, 0.4) is 0 Å². The number of benzene rings is 4. The molecular formula is C51H52N10O5S. The summed E-state index contributed by atoms with van der Waals surface area (Å²) in [6.07, 6.45) is 14.8. The first kappa shape index (κ1) is 45.7. The standard InChI is InChI=1S/C23H16N6S.C14H18N2O3.C14H18N2O2/c1-3-17(4-2-15(1)19-9-24-13-26-19)21-11-29-12-22(30-23(29)28-21)18-7-5-16(6-8-18)20-10-25-14-27-20;1-19-14(18)15-12(11-7-3-2-4-8-11)13(17)16-9-5-6-10-16;1-11(17)15-13(12-7-3-2-4-8-12)14(18)16-9-5-6-10-16/h1-14H,(H,24,26)(H,25,27);2-4,7-8,12H,5-6,9-10H2,1H3,(H,15,18);2-4,7-8,13H,5-6,9-10H2,1H3,(H,15,17). The molecular weight excluding hydrogens is 865 g/mol. The van der Waals surface area contributed by atoms with Gasteiger partial charge in [-0.05, 0) is 53.5 Å². The van der Waals surface area contributed by atoms with E-state index in [1.54, 1.807) is 28.9 Å². The fourth-order valence-electron chi connectivity index (χ4n) is 8.02. The molecule has 4 N–H and O–H groups in total. The van der Waals surface area contributed by atoms with Crippen LogP contribution in [0.2, 0.25) is 0 Å². The summed E-state index contributed by atoms with van der Waals surface area (Å²) in [5.41, 5.74) is 9.12. The average Bonchev–Trinajstić information content (AvgIpc) is 4.23. The van der Waals surface area contributed by atoms with Crippen LogP contribution in [0.25, 0.3) is 49.2 Å². The number of aromatic amines is 2. The Morgan fingerprint density at radius 2 is 1.07 bits per heavy atom. The van der Waals surface area contributed by atoms with E-state index in [1.165, 1.54) is 24.5 Å². The van der Waals surface area contributed by atoms with Gasteiger partial charge in [-0.3, -0.25) is 18.8 Å². The van der Waals surface area contributed by atoms with Crippen LogP contribution in [0.15, 0.2) is 147 Å². The highest BCUT2D eigenvalue weighted by molar-refractivity contribution is 7.20. The lowest BCUT2D eigenvalue weighted by Crippen LogP contribution is -2.41. The monoisotopic (exact) mass is 916 g/mol. The number of alkyl carbamates (subject to hydrolysis) is 1. The molecule has 2 atom stereocenters. The molecule has 2 aliphatic heterocycles. The van der Waals surface area contributed by atoms with Crippen molar-refractivity contribution in [2.75, 3.05) is 33.3 Å². The Kier molecular flexibility index (Phi) is 14.9. The summed E-state index contributed by atoms with van der Waals surface area (Å²) < 4.78 is 6.69. The van der Waals surface area contributed by atoms with E-state index in [0.29, 0.717) is 0 Å². The van der Waals surface area contributed by atoms with Crippen molar-refractivity contribution < 1.29 is 23.9 Å². The van der Waals surface area contributed by atoms with E-state index in [2.05, 4.69) is 101 Å². The van der Waals surface area contributed by atoms with Crippen molar-refractivity contribution in [1.29, 1.82) is 0 Å². The summed E-state index contributed by atoms with van der Waals surface area (Å²) >= 11 is 1.69. The number of hydrogen-bond donors (Lipinski definition) is 4. The topological polar surface area (TPSA) is 183 Å². The highest BCUT2D eigenvalue weighted by Crippen LogP contribution is 2.32. The molecule has 2 fully saturated rings. The van der Waals surface area contributed by atoms with Gasteiger partial charge < -0.3 is 35.1 Å². The molecule has 10 rings (SSSR count). The summed E-state index contributed by atoms with van der Waals surface area (Å²) in [5.74, 6) is -0.264. The number of carbonyl (C=O) groups is 4. The van der Waals surface area contributed by atoms with Crippen LogP contribution in [0.1, 0.15) is 55.8 Å². The predicted octanol–water partition coefficient (Wildman–Crippen LogP) is 8.70. The number of fused-ring (bicyclic) bond motifs is 1. The second-order valence-corrected chi connectivity index (χ2v) is 17.1. The zero-order chi connectivity index (χ0) is 46.5. The Morgan fingerprint density at radius 3 is 1.51 bits per heavy atom. The molecule has 15 nitrogen and oxygen atoms in total. The smallest absolute Gasteiger partial charge is 0.407 e. The Balaban J connectivity index is 0.000000144. The first-order chi connectivity index (χ1) is 32.7. The van der Waals surface area contributed by atoms with Crippen molar-refractivity contribution in [2.24, 2.45) is 0 Å². The van der Waals surface area contributed by atoms with E-state index < -0.39 is 18.2 Å². The number of hydrogen-bond acceptors (Lipinski definition) is 9. The minimum Gasteiger partial charge on any atom is -0.453 e. The van der Waals surface area contributed by atoms with E-state index in [1.807, 2.05) is 78.0 Å². The number of aromatic nitrogens is 6. The third kappa shape index (κ3) is 11.5. The van der Waals surface area contributed by atoms with E-state index >= 15 is 0 Å². The predicted molar refractivity (Wildman–Crippen MR) is 258 cm³/mol. The van der Waals surface area contributed by atoms with E-state index in [-0.39, 0.29) is 17.7 Å². The number of likely N-dealkylation sites (tertiary alicyclic amines) is 2. The summed E-state index contributed by atoms with van der Waals surface area (Å²) in [7, 11) is 1.29. The van der Waals surface area contributed by atoms with Gasteiger partial charge in [0.2, 0.25) is 17.7 Å². The molecule has 0 radical (unpaired) electrons. The third-order valence-corrected chi connectivity index (χ3v) is 12.6. The average molecular weight is 917 g/mol. The minimum absolute atomic E-state index is 0.00565. The van der Waals surface area contributed by atoms with Gasteiger partial charge in [-0.2, -0.15) is 0 Å². The highest BCUT2D eigenvalue weighted by atomic mass is 32.1. The van der Waals surface area contributed by atoms with Crippen molar-refractivity contribution in [3.63, 3.8) is 0 Å². The molecule has 0 saturated carbocycles. The minimum atomic E-state index is -0.674. The molecule has 4 amide bonds. The van der Waals surface area contributed by atoms with Gasteiger partial charge in [-0.1, -0.05) is 121 Å². The van der Waals surface area contributed by atoms with Gasteiger partial charge in [-0.25, -0.2) is 19.7 Å². The van der Waals surface area contributed by atoms with Crippen LogP contribution in [0.5, 0.6) is 0 Å². The summed E-state index contributed by atoms with van der Waals surface area (Å²) in [6.45, 7) is 4.53. The molecule has 8 aromatic rings. The Labute approximate surface area is 392 Å². The van der Waals surface area contributed by atoms with Gasteiger partial charge in [0.15, 0.2) is 4.96 Å². The molecule has 2 aliphatic rings. The number of rotatable bonds is 10. The van der Waals surface area contributed by atoms with Crippen LogP contribution in [-0.2, 0) is 19.1 Å². The molecule has 16 heteroatoms. The molecule has 342 valence electrons. The van der Waals surface area contributed by atoms with Crippen LogP contribution in [0.4, 0.5) is 4.79 Å². The second-order valence-electron chi connectivity index (χ2n) is 16.1. The van der Waals surface area contributed by atoms with Gasteiger partial charge in [0.1, 0.15) is 12.1 Å². The number of imidazole rings is 3. The number of carbonyl (C=O) groups excluding carboxylic acids is 4. The van der Waals surface area contributed by atoms with Crippen molar-refractivity contribution >= 4 is 40.1 Å². The molecule has 2 saturated heterocycles. The molecule has 0 bridgehead atoms. The number of methoxy groups -OCH3 is 1. The fourth-order valence-corrected chi connectivity index (χ4v) is 8.99. The van der Waals surface area contributed by atoms with Crippen LogP contribution >= 0.6 is 11.3 Å². The normalized spacial score (nSPS) is 14.0. The van der Waals surface area contributed by atoms with E-state index in [9.17, 15) is 19.2 Å². The summed E-state index contributed by atoms with van der Waals surface area (Å²) in [6, 6.07) is 34.2. The lowest BCUT2D eigenvalue weighted by molar-refractivity contribution is -0.135. The Hall–Kier alpha value is -7.85. The molecule has 4 aromatic heterocycles. The fraction of sp³-hybridized carbons (Fsp3) is 0.235. The number of H-pyrrole nitrogens is 2. The summed E-state index contributed by atoms with van der Waals surface area (Å²) in [4.78, 5) is 72.6. The molecule has 0 spiro atoms. The van der Waals surface area contributed by atoms with E-state index in [4.69, 9.17) is 4.98 Å². The van der Waals surface area contributed by atoms with Gasteiger partial charge in [0.05, 0.1) is 54.1 Å². The quantitative estimate of drug-likeness (QED) is 0.105. The zero-order valence-electron chi connectivity index (χ0n) is 37.3. The van der Waals surface area contributed by atoms with Gasteiger partial charge in [0.25, 0.3) is 0 Å². The maximum Gasteiger partial charge on any atom is 0.407 e. The van der Waals surface area contributed by atoms with Crippen molar-refractivity contribution in [1.82, 2.24) is 49.8 Å². The van der Waals surface area contributed by atoms with Crippen molar-refractivity contribution in [2.45, 2.75) is 44.7 Å². The maximum absolute atomic E-state index is 12.5. The lowest BCUT2D eigenvalue weighted by atomic mass is 10.1. The number of ether oxygens (including phenoxy) is 1. The number of nitrogens with zero attached hydrogens (tertiary/aromatic N) is 6. The third-order valence-electron chi connectivity index (χ3n) is 11.5. The first-order valence-electron chi connectivity index (χ1n) is 22.2. The van der Waals surface area contributed by atoms with Crippen LogP contribution in [0, 0.1) is 0 Å². The van der Waals surface area contributed by atoms with Gasteiger partial charge in [-0.15, -0.1) is 0 Å². The molecule has 0 aliphatic carbocycles. The maximum atomic E-state index is 12.5. The summed E-state index contributed by atoms with van der Waals surface area (Å²) in [5, 5.41) is 5.35.